The van der Waals surface area contributed by atoms with Crippen molar-refractivity contribution in [1.29, 1.82) is 0 Å². The molecule has 0 spiro atoms. The largest absolute Gasteiger partial charge is 0.445 e. The van der Waals surface area contributed by atoms with Crippen molar-refractivity contribution >= 4 is 11.7 Å². The molecule has 0 atom stereocenters. The second-order valence-corrected chi connectivity index (χ2v) is 1.73. The fourth-order valence-corrected chi connectivity index (χ4v) is 0.757. The first-order valence-electron chi connectivity index (χ1n) is 2.54. The van der Waals surface area contributed by atoms with Crippen molar-refractivity contribution in [2.45, 2.75) is 0 Å². The number of hydrogen-bond acceptors (Lipinski definition) is 3. The van der Waals surface area contributed by atoms with Gasteiger partial charge in [-0.1, -0.05) is 0 Å². The van der Waals surface area contributed by atoms with Crippen LogP contribution in [0.2, 0.25) is 0 Å². The molecule has 0 bridgehead atoms. The van der Waals surface area contributed by atoms with E-state index in [2.05, 4.69) is 4.98 Å². The lowest BCUT2D eigenvalue weighted by Gasteiger charge is -1.80. The van der Waals surface area contributed by atoms with Gasteiger partial charge in [0.25, 0.3) is 0 Å². The van der Waals surface area contributed by atoms with E-state index >= 15 is 0 Å². The highest BCUT2D eigenvalue weighted by molar-refractivity contribution is 5.39. The Kier molecular flexibility index (Phi) is 0.631. The number of anilines is 1. The molecule has 0 amide bonds. The lowest BCUT2D eigenvalue weighted by atomic mass is 10.9. The van der Waals surface area contributed by atoms with Gasteiger partial charge in [-0.15, -0.1) is 0 Å². The number of aromatic nitrogens is 2. The summed E-state index contributed by atoms with van der Waals surface area (Å²) in [5.41, 5.74) is 6.09. The normalized spacial score (nSPS) is 10.7. The molecule has 0 aromatic carbocycles. The highest BCUT2D eigenvalue weighted by atomic mass is 16.3. The Bertz CT molecular complexity index is 321. The molecule has 0 saturated carbocycles. The Labute approximate surface area is 50.9 Å². The SMILES string of the molecule is Nc1ncc2occn12. The zero-order valence-electron chi connectivity index (χ0n) is 4.61. The first kappa shape index (κ1) is 4.43. The molecule has 2 heterocycles. The van der Waals surface area contributed by atoms with E-state index in [0.29, 0.717) is 11.7 Å². The standard InChI is InChI=1S/C5H5N3O/c6-5-7-3-4-8(5)1-2-9-4/h1-3H,(H2,6,7). The molecule has 0 saturated heterocycles. The Balaban J connectivity index is 2.99. The fraction of sp³-hybridized carbons (Fsp3) is 0. The molecule has 4 nitrogen and oxygen atoms in total. The molecule has 0 aliphatic carbocycles. The summed E-state index contributed by atoms with van der Waals surface area (Å²) in [6.07, 6.45) is 4.86. The van der Waals surface area contributed by atoms with E-state index in [0.717, 1.165) is 0 Å². The summed E-state index contributed by atoms with van der Waals surface area (Å²) in [7, 11) is 0. The molecule has 46 valence electrons. The molecule has 2 aromatic heterocycles. The van der Waals surface area contributed by atoms with Crippen molar-refractivity contribution in [1.82, 2.24) is 9.38 Å². The van der Waals surface area contributed by atoms with E-state index in [1.807, 2.05) is 0 Å². The molecule has 9 heavy (non-hydrogen) atoms. The predicted molar refractivity (Wildman–Crippen MR) is 31.9 cm³/mol. The van der Waals surface area contributed by atoms with Crippen LogP contribution in [0.3, 0.4) is 0 Å². The Morgan fingerprint density at radius 2 is 2.56 bits per heavy atom. The first-order valence-corrected chi connectivity index (χ1v) is 2.54. The molecule has 2 rings (SSSR count). The minimum absolute atomic E-state index is 0.457. The summed E-state index contributed by atoms with van der Waals surface area (Å²) in [6, 6.07) is 0. The summed E-state index contributed by atoms with van der Waals surface area (Å²) in [5, 5.41) is 0. The number of hydrogen-bond donors (Lipinski definition) is 1. The van der Waals surface area contributed by atoms with E-state index in [9.17, 15) is 0 Å². The second kappa shape index (κ2) is 1.28. The minimum Gasteiger partial charge on any atom is -0.445 e. The lowest BCUT2D eigenvalue weighted by molar-refractivity contribution is 0.608. The predicted octanol–water partition coefficient (Wildman–Crippen LogP) is 0.509. The third-order valence-corrected chi connectivity index (χ3v) is 1.19. The van der Waals surface area contributed by atoms with Crippen molar-refractivity contribution in [2.75, 3.05) is 5.73 Å². The van der Waals surface area contributed by atoms with Crippen LogP contribution < -0.4 is 5.73 Å². The van der Waals surface area contributed by atoms with Crippen molar-refractivity contribution in [2.24, 2.45) is 0 Å². The summed E-state index contributed by atoms with van der Waals surface area (Å²) >= 11 is 0. The van der Waals surface area contributed by atoms with Gasteiger partial charge in [0.1, 0.15) is 6.26 Å². The maximum Gasteiger partial charge on any atom is 0.224 e. The Morgan fingerprint density at radius 3 is 3.33 bits per heavy atom. The Hall–Kier alpha value is -1.45. The monoisotopic (exact) mass is 123 g/mol. The van der Waals surface area contributed by atoms with E-state index in [1.54, 1.807) is 23.1 Å². The van der Waals surface area contributed by atoms with Crippen molar-refractivity contribution in [3.63, 3.8) is 0 Å². The quantitative estimate of drug-likeness (QED) is 0.555. The zero-order valence-corrected chi connectivity index (χ0v) is 4.61. The van der Waals surface area contributed by atoms with E-state index in [-0.39, 0.29) is 0 Å². The van der Waals surface area contributed by atoms with Crippen LogP contribution in [0.4, 0.5) is 5.95 Å². The maximum absolute atomic E-state index is 5.41. The first-order chi connectivity index (χ1) is 4.38. The minimum atomic E-state index is 0.457. The van der Waals surface area contributed by atoms with E-state index in [4.69, 9.17) is 10.2 Å². The van der Waals surface area contributed by atoms with Gasteiger partial charge in [0.15, 0.2) is 0 Å². The van der Waals surface area contributed by atoms with Crippen molar-refractivity contribution in [3.05, 3.63) is 18.7 Å². The highest BCUT2D eigenvalue weighted by Crippen LogP contribution is 2.07. The molecule has 0 aliphatic heterocycles. The number of nitrogen functional groups attached to an aromatic ring is 1. The van der Waals surface area contributed by atoms with Crippen LogP contribution in [0.15, 0.2) is 23.1 Å². The summed E-state index contributed by atoms with van der Waals surface area (Å²) in [5.74, 6) is 0.457. The number of nitrogens with zero attached hydrogens (tertiary/aromatic N) is 2. The smallest absolute Gasteiger partial charge is 0.224 e. The number of nitrogens with two attached hydrogens (primary N) is 1. The molecule has 4 heteroatoms. The fourth-order valence-electron chi connectivity index (χ4n) is 0.757. The van der Waals surface area contributed by atoms with Crippen LogP contribution >= 0.6 is 0 Å². The van der Waals surface area contributed by atoms with Gasteiger partial charge in [-0.3, -0.25) is 4.40 Å². The van der Waals surface area contributed by atoms with Gasteiger partial charge in [0.05, 0.1) is 12.4 Å². The maximum atomic E-state index is 5.41. The van der Waals surface area contributed by atoms with Crippen LogP contribution in [-0.4, -0.2) is 9.38 Å². The molecule has 0 aliphatic rings. The summed E-state index contributed by atoms with van der Waals surface area (Å²) in [6.45, 7) is 0. The molecule has 0 unspecified atom stereocenters. The lowest BCUT2D eigenvalue weighted by Crippen LogP contribution is -1.89. The molecular formula is C5H5N3O. The van der Waals surface area contributed by atoms with Crippen LogP contribution in [0.5, 0.6) is 0 Å². The van der Waals surface area contributed by atoms with Crippen LogP contribution in [0.25, 0.3) is 5.71 Å². The van der Waals surface area contributed by atoms with Crippen LogP contribution in [0.1, 0.15) is 0 Å². The molecule has 2 N–H and O–H groups in total. The Morgan fingerprint density at radius 1 is 1.67 bits per heavy atom. The van der Waals surface area contributed by atoms with Crippen LogP contribution in [0, 0.1) is 0 Å². The molecular weight excluding hydrogens is 118 g/mol. The van der Waals surface area contributed by atoms with E-state index < -0.39 is 0 Å². The van der Waals surface area contributed by atoms with E-state index in [1.165, 1.54) is 0 Å². The molecule has 0 radical (unpaired) electrons. The van der Waals surface area contributed by atoms with Crippen molar-refractivity contribution < 1.29 is 4.42 Å². The third-order valence-electron chi connectivity index (χ3n) is 1.19. The van der Waals surface area contributed by atoms with Gasteiger partial charge < -0.3 is 10.2 Å². The van der Waals surface area contributed by atoms with Gasteiger partial charge in [-0.05, 0) is 0 Å². The topological polar surface area (TPSA) is 56.5 Å². The molecule has 0 fully saturated rings. The average molecular weight is 123 g/mol. The number of imidazole rings is 1. The van der Waals surface area contributed by atoms with Gasteiger partial charge in [0, 0.05) is 0 Å². The van der Waals surface area contributed by atoms with Gasteiger partial charge in [0.2, 0.25) is 11.7 Å². The summed E-state index contributed by atoms with van der Waals surface area (Å²) in [4.78, 5) is 3.80. The summed E-state index contributed by atoms with van der Waals surface area (Å²) < 4.78 is 6.63. The van der Waals surface area contributed by atoms with Gasteiger partial charge in [-0.2, -0.15) is 0 Å². The van der Waals surface area contributed by atoms with Crippen molar-refractivity contribution in [3.8, 4) is 0 Å². The number of rotatable bonds is 0. The number of oxazole rings is 1. The number of fused-ring (bicyclic) bond motifs is 1. The highest BCUT2D eigenvalue weighted by Gasteiger charge is 1.98. The van der Waals surface area contributed by atoms with Gasteiger partial charge >= 0.3 is 0 Å². The zero-order chi connectivity index (χ0) is 6.27. The average Bonchev–Trinajstić information content (AvgIpc) is 2.35. The van der Waals surface area contributed by atoms with Gasteiger partial charge in [-0.25, -0.2) is 4.98 Å². The van der Waals surface area contributed by atoms with Crippen LogP contribution in [-0.2, 0) is 0 Å². The molecule has 2 aromatic rings. The third kappa shape index (κ3) is 0.440. The second-order valence-electron chi connectivity index (χ2n) is 1.73.